The van der Waals surface area contributed by atoms with E-state index in [1.54, 1.807) is 13.0 Å². The lowest BCUT2D eigenvalue weighted by atomic mass is 10.2. The molecule has 0 aliphatic carbocycles. The zero-order valence-electron chi connectivity index (χ0n) is 9.38. The molecule has 17 heavy (non-hydrogen) atoms. The molecule has 0 aromatic carbocycles. The molecular weight excluding hydrogens is 224 g/mol. The van der Waals surface area contributed by atoms with Crippen LogP contribution in [0.4, 0.5) is 0 Å². The molecule has 1 fully saturated rings. The van der Waals surface area contributed by atoms with Crippen molar-refractivity contribution in [2.45, 2.75) is 19.1 Å². The Morgan fingerprint density at radius 2 is 1.94 bits per heavy atom. The fourth-order valence-electron chi connectivity index (χ4n) is 1.85. The number of carbonyl (C=O) groups excluding carboxylic acids is 1. The summed E-state index contributed by atoms with van der Waals surface area (Å²) in [6.07, 6.45) is -1.88. The molecule has 1 aromatic rings. The monoisotopic (exact) mass is 238 g/mol. The van der Waals surface area contributed by atoms with Gasteiger partial charge in [0.2, 0.25) is 0 Å². The molecule has 2 atom stereocenters. The summed E-state index contributed by atoms with van der Waals surface area (Å²) in [7, 11) is 0. The second-order valence-corrected chi connectivity index (χ2v) is 4.23. The summed E-state index contributed by atoms with van der Waals surface area (Å²) in [5, 5.41) is 18.7. The first-order valence-corrected chi connectivity index (χ1v) is 5.34. The Morgan fingerprint density at radius 1 is 1.35 bits per heavy atom. The van der Waals surface area contributed by atoms with E-state index in [-0.39, 0.29) is 18.7 Å². The Morgan fingerprint density at radius 3 is 2.47 bits per heavy atom. The van der Waals surface area contributed by atoms with Crippen LogP contribution in [0.5, 0.6) is 0 Å². The minimum Gasteiger partial charge on any atom is -0.388 e. The third kappa shape index (κ3) is 2.22. The van der Waals surface area contributed by atoms with E-state index in [4.69, 9.17) is 0 Å². The van der Waals surface area contributed by atoms with E-state index in [9.17, 15) is 19.8 Å². The lowest BCUT2D eigenvalue weighted by molar-refractivity contribution is 0.0572. The summed E-state index contributed by atoms with van der Waals surface area (Å²) in [6.45, 7) is 1.82. The van der Waals surface area contributed by atoms with E-state index >= 15 is 0 Å². The van der Waals surface area contributed by atoms with Crippen LogP contribution in [-0.4, -0.2) is 51.3 Å². The van der Waals surface area contributed by atoms with Gasteiger partial charge in [0.15, 0.2) is 0 Å². The van der Waals surface area contributed by atoms with Crippen molar-refractivity contribution in [1.82, 2.24) is 9.88 Å². The third-order valence-electron chi connectivity index (χ3n) is 2.83. The zero-order valence-corrected chi connectivity index (χ0v) is 9.38. The van der Waals surface area contributed by atoms with Crippen molar-refractivity contribution < 1.29 is 15.0 Å². The second kappa shape index (κ2) is 4.31. The number of aliphatic hydroxyl groups is 2. The second-order valence-electron chi connectivity index (χ2n) is 4.23. The van der Waals surface area contributed by atoms with Crippen molar-refractivity contribution in [2.24, 2.45) is 0 Å². The number of nitrogens with one attached hydrogen (secondary N) is 1. The van der Waals surface area contributed by atoms with Crippen molar-refractivity contribution in [3.63, 3.8) is 0 Å². The summed E-state index contributed by atoms with van der Waals surface area (Å²) in [5.41, 5.74) is 0.246. The van der Waals surface area contributed by atoms with Gasteiger partial charge in [0.05, 0.1) is 12.2 Å². The molecule has 2 rings (SSSR count). The molecule has 3 N–H and O–H groups in total. The molecule has 0 saturated carbocycles. The van der Waals surface area contributed by atoms with Crippen LogP contribution in [0.15, 0.2) is 16.9 Å². The first kappa shape index (κ1) is 11.8. The zero-order chi connectivity index (χ0) is 12.6. The fourth-order valence-corrected chi connectivity index (χ4v) is 1.85. The van der Waals surface area contributed by atoms with Gasteiger partial charge in [0, 0.05) is 18.8 Å². The van der Waals surface area contributed by atoms with Gasteiger partial charge in [-0.3, -0.25) is 9.59 Å². The predicted molar refractivity (Wildman–Crippen MR) is 59.7 cm³/mol. The fraction of sp³-hybridized carbons (Fsp3) is 0.455. The van der Waals surface area contributed by atoms with Gasteiger partial charge in [-0.25, -0.2) is 0 Å². The standard InChI is InChI=1S/C11H14N2O4/c1-6-2-3-7(10(16)12-6)11(17)13-4-8(14)9(15)5-13/h2-3,8-9,14-15H,4-5H2,1H3,(H,12,16). The number of aromatic amines is 1. The highest BCUT2D eigenvalue weighted by Gasteiger charge is 2.33. The molecule has 6 nitrogen and oxygen atoms in total. The van der Waals surface area contributed by atoms with E-state index in [2.05, 4.69) is 4.98 Å². The summed E-state index contributed by atoms with van der Waals surface area (Å²) in [4.78, 5) is 27.3. The number of hydrogen-bond acceptors (Lipinski definition) is 4. The van der Waals surface area contributed by atoms with E-state index in [1.165, 1.54) is 11.0 Å². The Kier molecular flexibility index (Phi) is 2.99. The van der Waals surface area contributed by atoms with Crippen LogP contribution < -0.4 is 5.56 Å². The number of aliphatic hydroxyl groups excluding tert-OH is 2. The molecule has 6 heteroatoms. The summed E-state index contributed by atoms with van der Waals surface area (Å²) in [5.74, 6) is -0.471. The number of nitrogens with zero attached hydrogens (tertiary/aromatic N) is 1. The number of aryl methyl sites for hydroxylation is 1. The van der Waals surface area contributed by atoms with Gasteiger partial charge in [-0.2, -0.15) is 0 Å². The van der Waals surface area contributed by atoms with Crippen molar-refractivity contribution in [1.29, 1.82) is 0 Å². The van der Waals surface area contributed by atoms with Crippen LogP contribution in [0, 0.1) is 6.92 Å². The van der Waals surface area contributed by atoms with Crippen LogP contribution in [0.2, 0.25) is 0 Å². The van der Waals surface area contributed by atoms with Gasteiger partial charge in [-0.15, -0.1) is 0 Å². The number of hydrogen-bond donors (Lipinski definition) is 3. The molecule has 1 amide bonds. The van der Waals surface area contributed by atoms with E-state index < -0.39 is 23.7 Å². The first-order valence-electron chi connectivity index (χ1n) is 5.34. The maximum absolute atomic E-state index is 12.0. The van der Waals surface area contributed by atoms with Gasteiger partial charge >= 0.3 is 0 Å². The molecule has 0 bridgehead atoms. The quantitative estimate of drug-likeness (QED) is 0.576. The van der Waals surface area contributed by atoms with Crippen LogP contribution in [0.3, 0.4) is 0 Å². The number of carbonyl (C=O) groups is 1. The lowest BCUT2D eigenvalue weighted by Gasteiger charge is -2.14. The molecule has 1 aliphatic rings. The minimum absolute atomic E-state index is 0.0249. The molecule has 0 spiro atoms. The largest absolute Gasteiger partial charge is 0.388 e. The maximum Gasteiger partial charge on any atom is 0.260 e. The Balaban J connectivity index is 2.24. The van der Waals surface area contributed by atoms with Crippen molar-refractivity contribution in [3.8, 4) is 0 Å². The van der Waals surface area contributed by atoms with Crippen molar-refractivity contribution in [2.75, 3.05) is 13.1 Å². The number of amides is 1. The Bertz CT molecular complexity index is 486. The predicted octanol–water partition coefficient (Wildman–Crippen LogP) is -1.14. The van der Waals surface area contributed by atoms with Crippen LogP contribution in [-0.2, 0) is 0 Å². The number of rotatable bonds is 1. The minimum atomic E-state index is -0.941. The van der Waals surface area contributed by atoms with E-state index in [1.807, 2.05) is 0 Å². The number of likely N-dealkylation sites (tertiary alicyclic amines) is 1. The highest BCUT2D eigenvalue weighted by Crippen LogP contribution is 2.12. The number of H-pyrrole nitrogens is 1. The smallest absolute Gasteiger partial charge is 0.260 e. The average molecular weight is 238 g/mol. The van der Waals surface area contributed by atoms with Crippen molar-refractivity contribution in [3.05, 3.63) is 33.7 Å². The molecule has 92 valence electrons. The van der Waals surface area contributed by atoms with Crippen LogP contribution >= 0.6 is 0 Å². The average Bonchev–Trinajstić information content (AvgIpc) is 2.58. The van der Waals surface area contributed by atoms with Gasteiger partial charge in [0.25, 0.3) is 11.5 Å². The van der Waals surface area contributed by atoms with Crippen molar-refractivity contribution >= 4 is 5.91 Å². The van der Waals surface area contributed by atoms with Gasteiger partial charge in [0.1, 0.15) is 5.56 Å². The molecule has 2 heterocycles. The Hall–Kier alpha value is -1.66. The molecule has 1 aliphatic heterocycles. The molecule has 1 saturated heterocycles. The molecular formula is C11H14N2O4. The van der Waals surface area contributed by atoms with Crippen LogP contribution in [0.25, 0.3) is 0 Å². The summed E-state index contributed by atoms with van der Waals surface area (Å²) < 4.78 is 0. The molecule has 0 radical (unpaired) electrons. The first-order chi connectivity index (χ1) is 7.99. The number of β-amino-alcohol motifs (C(OH)–C–C–N with tert-alkyl or cyclic N) is 2. The van der Waals surface area contributed by atoms with Gasteiger partial charge < -0.3 is 20.1 Å². The number of pyridine rings is 1. The topological polar surface area (TPSA) is 93.6 Å². The van der Waals surface area contributed by atoms with Gasteiger partial charge in [-0.1, -0.05) is 0 Å². The third-order valence-corrected chi connectivity index (χ3v) is 2.83. The van der Waals surface area contributed by atoms with E-state index in [0.29, 0.717) is 5.69 Å². The summed E-state index contributed by atoms with van der Waals surface area (Å²) >= 11 is 0. The van der Waals surface area contributed by atoms with Gasteiger partial charge in [-0.05, 0) is 19.1 Å². The number of aromatic nitrogens is 1. The highest BCUT2D eigenvalue weighted by molar-refractivity contribution is 5.94. The highest BCUT2D eigenvalue weighted by atomic mass is 16.3. The maximum atomic E-state index is 12.0. The van der Waals surface area contributed by atoms with Crippen LogP contribution in [0.1, 0.15) is 16.1 Å². The molecule has 2 unspecified atom stereocenters. The normalized spacial score (nSPS) is 24.1. The lowest BCUT2D eigenvalue weighted by Crippen LogP contribution is -2.34. The summed E-state index contributed by atoms with van der Waals surface area (Å²) in [6, 6.07) is 3.09. The molecule has 1 aromatic heterocycles. The SMILES string of the molecule is Cc1ccc(C(=O)N2CC(O)C(O)C2)c(=O)[nH]1. The van der Waals surface area contributed by atoms with E-state index in [0.717, 1.165) is 0 Å². The Labute approximate surface area is 97.5 Å².